The summed E-state index contributed by atoms with van der Waals surface area (Å²) in [6, 6.07) is 0. The molecule has 1 aliphatic rings. The highest BCUT2D eigenvalue weighted by atomic mass is 32.1. The number of rotatable bonds is 6. The van der Waals surface area contributed by atoms with Crippen LogP contribution < -0.4 is 11.1 Å². The summed E-state index contributed by atoms with van der Waals surface area (Å²) in [5, 5.41) is 13.9. The van der Waals surface area contributed by atoms with Gasteiger partial charge in [-0.15, -0.1) is 11.3 Å². The Morgan fingerprint density at radius 3 is 2.74 bits per heavy atom. The molecule has 0 aliphatic heterocycles. The number of nitrogens with zero attached hydrogens (tertiary/aromatic N) is 1. The lowest BCUT2D eigenvalue weighted by Gasteiger charge is -2.40. The zero-order chi connectivity index (χ0) is 13.9. The van der Waals surface area contributed by atoms with Crippen LogP contribution in [0.25, 0.3) is 0 Å². The molecule has 1 fully saturated rings. The van der Waals surface area contributed by atoms with Crippen LogP contribution in [-0.2, 0) is 16.0 Å². The Bertz CT molecular complexity index is 482. The number of thiazole rings is 1. The highest BCUT2D eigenvalue weighted by molar-refractivity contribution is 7.13. The molecule has 4 N–H and O–H groups in total. The smallest absolute Gasteiger partial charge is 0.303 e. The summed E-state index contributed by atoms with van der Waals surface area (Å²) < 4.78 is 0. The molecule has 7 heteroatoms. The van der Waals surface area contributed by atoms with Gasteiger partial charge in [0.05, 0.1) is 18.5 Å². The molecule has 1 aliphatic carbocycles. The standard InChI is InChI=1S/C12H17N3O3S/c13-11-15-8(6-19-11)4-9(16)14-7-12(2-1-3-12)5-10(17)18/h6H,1-5,7H2,(H2,13,15)(H,14,16)(H,17,18). The van der Waals surface area contributed by atoms with Crippen LogP contribution >= 0.6 is 11.3 Å². The predicted molar refractivity (Wildman–Crippen MR) is 71.8 cm³/mol. The molecule has 1 aromatic heterocycles. The van der Waals surface area contributed by atoms with Gasteiger partial charge in [0.1, 0.15) is 0 Å². The van der Waals surface area contributed by atoms with E-state index in [1.807, 2.05) is 0 Å². The lowest BCUT2D eigenvalue weighted by atomic mass is 9.66. The zero-order valence-electron chi connectivity index (χ0n) is 10.5. The van der Waals surface area contributed by atoms with Gasteiger partial charge in [0.15, 0.2) is 5.13 Å². The average Bonchev–Trinajstić information content (AvgIpc) is 2.67. The Hall–Kier alpha value is -1.63. The van der Waals surface area contributed by atoms with E-state index in [1.165, 1.54) is 11.3 Å². The van der Waals surface area contributed by atoms with Crippen molar-refractivity contribution in [3.8, 4) is 0 Å². The van der Waals surface area contributed by atoms with E-state index in [1.54, 1.807) is 5.38 Å². The zero-order valence-corrected chi connectivity index (χ0v) is 11.3. The number of hydrogen-bond acceptors (Lipinski definition) is 5. The van der Waals surface area contributed by atoms with Gasteiger partial charge in [-0.3, -0.25) is 9.59 Å². The molecular weight excluding hydrogens is 266 g/mol. The minimum Gasteiger partial charge on any atom is -0.481 e. The number of nitrogens with one attached hydrogen (secondary N) is 1. The van der Waals surface area contributed by atoms with Crippen LogP contribution in [0.5, 0.6) is 0 Å². The van der Waals surface area contributed by atoms with Gasteiger partial charge >= 0.3 is 5.97 Å². The molecule has 0 saturated heterocycles. The fourth-order valence-corrected chi connectivity index (χ4v) is 2.89. The van der Waals surface area contributed by atoms with Crippen LogP contribution in [0, 0.1) is 5.41 Å². The Morgan fingerprint density at radius 1 is 1.53 bits per heavy atom. The first-order valence-electron chi connectivity index (χ1n) is 6.17. The number of carbonyl (C=O) groups excluding carboxylic acids is 1. The lowest BCUT2D eigenvalue weighted by molar-refractivity contribution is -0.141. The number of hydrogen-bond donors (Lipinski definition) is 3. The quantitative estimate of drug-likeness (QED) is 0.723. The second-order valence-electron chi connectivity index (χ2n) is 5.05. The molecule has 6 nitrogen and oxygen atoms in total. The Labute approximate surface area is 115 Å². The molecule has 1 amide bonds. The number of carbonyl (C=O) groups is 2. The van der Waals surface area contributed by atoms with Crippen molar-refractivity contribution in [2.45, 2.75) is 32.1 Å². The van der Waals surface area contributed by atoms with Crippen LogP contribution in [0.15, 0.2) is 5.38 Å². The van der Waals surface area contributed by atoms with Gasteiger partial charge in [0, 0.05) is 11.9 Å². The number of aromatic nitrogens is 1. The van der Waals surface area contributed by atoms with Crippen molar-refractivity contribution in [3.63, 3.8) is 0 Å². The fraction of sp³-hybridized carbons (Fsp3) is 0.583. The maximum atomic E-state index is 11.8. The van der Waals surface area contributed by atoms with Crippen molar-refractivity contribution >= 4 is 28.3 Å². The minimum atomic E-state index is -0.804. The van der Waals surface area contributed by atoms with Gasteiger partial charge in [-0.2, -0.15) is 0 Å². The molecule has 2 rings (SSSR count). The second kappa shape index (κ2) is 5.56. The number of anilines is 1. The van der Waals surface area contributed by atoms with Crippen LogP contribution in [0.2, 0.25) is 0 Å². The Kier molecular flexibility index (Phi) is 4.04. The van der Waals surface area contributed by atoms with E-state index in [9.17, 15) is 9.59 Å². The third-order valence-electron chi connectivity index (χ3n) is 3.51. The van der Waals surface area contributed by atoms with Gasteiger partial charge in [0.2, 0.25) is 5.91 Å². The van der Waals surface area contributed by atoms with E-state index in [0.29, 0.717) is 17.4 Å². The van der Waals surface area contributed by atoms with E-state index >= 15 is 0 Å². The molecule has 0 bridgehead atoms. The number of aliphatic carboxylic acids is 1. The van der Waals surface area contributed by atoms with Crippen molar-refractivity contribution < 1.29 is 14.7 Å². The molecule has 0 spiro atoms. The molecule has 1 aromatic rings. The number of nitrogen functional groups attached to an aromatic ring is 1. The summed E-state index contributed by atoms with van der Waals surface area (Å²) in [4.78, 5) is 26.6. The molecule has 0 unspecified atom stereocenters. The summed E-state index contributed by atoms with van der Waals surface area (Å²) in [5.74, 6) is -0.941. The summed E-state index contributed by atoms with van der Waals surface area (Å²) >= 11 is 1.30. The number of nitrogens with two attached hydrogens (primary N) is 1. The van der Waals surface area contributed by atoms with Gasteiger partial charge in [-0.05, 0) is 18.3 Å². The molecule has 0 atom stereocenters. The summed E-state index contributed by atoms with van der Waals surface area (Å²) in [6.45, 7) is 0.428. The van der Waals surface area contributed by atoms with Crippen molar-refractivity contribution in [3.05, 3.63) is 11.1 Å². The van der Waals surface area contributed by atoms with Crippen molar-refractivity contribution in [2.24, 2.45) is 5.41 Å². The first kappa shape index (κ1) is 13.8. The molecular formula is C12H17N3O3S. The number of amides is 1. The Balaban J connectivity index is 1.81. The van der Waals surface area contributed by atoms with E-state index < -0.39 is 5.97 Å². The molecule has 1 heterocycles. The van der Waals surface area contributed by atoms with E-state index in [4.69, 9.17) is 10.8 Å². The maximum absolute atomic E-state index is 11.8. The minimum absolute atomic E-state index is 0.122. The van der Waals surface area contributed by atoms with Crippen LogP contribution in [0.3, 0.4) is 0 Å². The summed E-state index contributed by atoms with van der Waals surface area (Å²) in [7, 11) is 0. The first-order valence-corrected chi connectivity index (χ1v) is 7.05. The monoisotopic (exact) mass is 283 g/mol. The predicted octanol–water partition coefficient (Wildman–Crippen LogP) is 1.03. The second-order valence-corrected chi connectivity index (χ2v) is 5.94. The largest absolute Gasteiger partial charge is 0.481 e. The average molecular weight is 283 g/mol. The molecule has 0 radical (unpaired) electrons. The van der Waals surface area contributed by atoms with Crippen LogP contribution in [-0.4, -0.2) is 28.5 Å². The highest BCUT2D eigenvalue weighted by Crippen LogP contribution is 2.43. The molecule has 104 valence electrons. The van der Waals surface area contributed by atoms with Crippen LogP contribution in [0.4, 0.5) is 5.13 Å². The number of carboxylic acids is 1. The van der Waals surface area contributed by atoms with Crippen molar-refractivity contribution in [2.75, 3.05) is 12.3 Å². The van der Waals surface area contributed by atoms with Gasteiger partial charge in [-0.25, -0.2) is 4.98 Å². The molecule has 1 saturated carbocycles. The maximum Gasteiger partial charge on any atom is 0.303 e. The third-order valence-corrected chi connectivity index (χ3v) is 4.23. The SMILES string of the molecule is Nc1nc(CC(=O)NCC2(CC(=O)O)CCC2)cs1. The Morgan fingerprint density at radius 2 is 2.26 bits per heavy atom. The van der Waals surface area contributed by atoms with Gasteiger partial charge in [-0.1, -0.05) is 6.42 Å². The molecule has 19 heavy (non-hydrogen) atoms. The summed E-state index contributed by atoms with van der Waals surface area (Å²) in [5.41, 5.74) is 5.90. The van der Waals surface area contributed by atoms with Crippen molar-refractivity contribution in [1.82, 2.24) is 10.3 Å². The van der Waals surface area contributed by atoms with Crippen LogP contribution in [0.1, 0.15) is 31.4 Å². The van der Waals surface area contributed by atoms with E-state index in [0.717, 1.165) is 19.3 Å². The van der Waals surface area contributed by atoms with E-state index in [2.05, 4.69) is 10.3 Å². The number of carboxylic acid groups (broad SMARTS) is 1. The van der Waals surface area contributed by atoms with E-state index in [-0.39, 0.29) is 24.2 Å². The van der Waals surface area contributed by atoms with Crippen molar-refractivity contribution in [1.29, 1.82) is 0 Å². The topological polar surface area (TPSA) is 105 Å². The molecule has 0 aromatic carbocycles. The lowest BCUT2D eigenvalue weighted by Crippen LogP contribution is -2.43. The third kappa shape index (κ3) is 3.66. The van der Waals surface area contributed by atoms with Gasteiger partial charge in [0.25, 0.3) is 0 Å². The normalized spacial score (nSPS) is 16.6. The first-order chi connectivity index (χ1) is 8.99. The highest BCUT2D eigenvalue weighted by Gasteiger charge is 2.39. The van der Waals surface area contributed by atoms with Gasteiger partial charge < -0.3 is 16.2 Å². The summed E-state index contributed by atoms with van der Waals surface area (Å²) in [6.07, 6.45) is 3.08. The fourth-order valence-electron chi connectivity index (χ4n) is 2.33.